The molecule has 0 aromatic heterocycles. The molecule has 0 saturated carbocycles. The molecule has 0 spiro atoms. The van der Waals surface area contributed by atoms with Crippen molar-refractivity contribution in [2.75, 3.05) is 39.5 Å². The van der Waals surface area contributed by atoms with Gasteiger partial charge in [0.05, 0.1) is 12.8 Å². The van der Waals surface area contributed by atoms with Crippen LogP contribution in [0, 0.1) is 0 Å². The van der Waals surface area contributed by atoms with E-state index in [1.807, 2.05) is 7.05 Å². The number of piperazine rings is 1. The van der Waals surface area contributed by atoms with Crippen molar-refractivity contribution in [1.29, 1.82) is 0 Å². The van der Waals surface area contributed by atoms with E-state index >= 15 is 0 Å². The van der Waals surface area contributed by atoms with Crippen LogP contribution in [0.3, 0.4) is 0 Å². The molecule has 21 heavy (non-hydrogen) atoms. The number of hydrogen-bond acceptors (Lipinski definition) is 5. The molecule has 1 unspecified atom stereocenters. The molecule has 2 rings (SSSR count). The molecule has 2 N–H and O–H groups in total. The van der Waals surface area contributed by atoms with Crippen LogP contribution in [-0.2, 0) is 10.0 Å². The summed E-state index contributed by atoms with van der Waals surface area (Å²) >= 11 is 0. The molecule has 1 aromatic rings. The number of benzene rings is 1. The number of methoxy groups -OCH3 is 1. The Morgan fingerprint density at radius 2 is 2.10 bits per heavy atom. The molecule has 0 radical (unpaired) electrons. The minimum absolute atomic E-state index is 0.155. The highest BCUT2D eigenvalue weighted by molar-refractivity contribution is 7.89. The molecular weight excluding hydrogens is 290 g/mol. The SMILES string of the molecule is CCC1CN(S(=O)(=O)c2ccc(OC)cc2N)CCN1C. The zero-order valence-electron chi connectivity index (χ0n) is 12.7. The van der Waals surface area contributed by atoms with E-state index in [1.54, 1.807) is 12.1 Å². The standard InChI is InChI=1S/C14H23N3O3S/c1-4-11-10-17(8-7-16(11)2)21(18,19)14-6-5-12(20-3)9-13(14)15/h5-6,9,11H,4,7-8,10,15H2,1-3H3. The van der Waals surface area contributed by atoms with E-state index in [0.29, 0.717) is 18.8 Å². The molecule has 1 atom stereocenters. The first-order valence-electron chi connectivity index (χ1n) is 7.04. The van der Waals surface area contributed by atoms with E-state index in [-0.39, 0.29) is 16.6 Å². The van der Waals surface area contributed by atoms with Gasteiger partial charge in [-0.25, -0.2) is 8.42 Å². The Morgan fingerprint density at radius 1 is 1.38 bits per heavy atom. The Kier molecular flexibility index (Phi) is 4.75. The van der Waals surface area contributed by atoms with Crippen LogP contribution in [-0.4, -0.2) is 57.5 Å². The number of nitrogen functional groups attached to an aromatic ring is 1. The van der Waals surface area contributed by atoms with Crippen LogP contribution in [0.15, 0.2) is 23.1 Å². The summed E-state index contributed by atoms with van der Waals surface area (Å²) < 4.78 is 32.1. The van der Waals surface area contributed by atoms with Crippen LogP contribution in [0.25, 0.3) is 0 Å². The fraction of sp³-hybridized carbons (Fsp3) is 0.571. The van der Waals surface area contributed by atoms with Gasteiger partial charge in [0.25, 0.3) is 0 Å². The highest BCUT2D eigenvalue weighted by Gasteiger charge is 2.33. The maximum atomic E-state index is 12.8. The van der Waals surface area contributed by atoms with Crippen molar-refractivity contribution in [1.82, 2.24) is 9.21 Å². The number of likely N-dealkylation sites (N-methyl/N-ethyl adjacent to an activating group) is 1. The van der Waals surface area contributed by atoms with Crippen molar-refractivity contribution >= 4 is 15.7 Å². The van der Waals surface area contributed by atoms with Gasteiger partial charge in [0.1, 0.15) is 10.6 Å². The second-order valence-electron chi connectivity index (χ2n) is 5.31. The monoisotopic (exact) mass is 313 g/mol. The van der Waals surface area contributed by atoms with Gasteiger partial charge in [-0.15, -0.1) is 0 Å². The zero-order valence-corrected chi connectivity index (χ0v) is 13.6. The van der Waals surface area contributed by atoms with E-state index in [0.717, 1.165) is 13.0 Å². The number of hydrogen-bond donors (Lipinski definition) is 1. The normalized spacial score (nSPS) is 21.4. The first-order chi connectivity index (χ1) is 9.90. The number of anilines is 1. The number of sulfonamides is 1. The fourth-order valence-corrected chi connectivity index (χ4v) is 4.17. The Morgan fingerprint density at radius 3 is 2.67 bits per heavy atom. The van der Waals surface area contributed by atoms with Gasteiger partial charge >= 0.3 is 0 Å². The lowest BCUT2D eigenvalue weighted by atomic mass is 10.1. The Balaban J connectivity index is 2.30. The summed E-state index contributed by atoms with van der Waals surface area (Å²) in [6.07, 6.45) is 0.917. The summed E-state index contributed by atoms with van der Waals surface area (Å²) in [5.41, 5.74) is 6.11. The number of rotatable bonds is 4. The van der Waals surface area contributed by atoms with Gasteiger partial charge in [0.2, 0.25) is 10.0 Å². The molecule has 1 saturated heterocycles. The molecule has 118 valence electrons. The Bertz CT molecular complexity index is 603. The van der Waals surface area contributed by atoms with Gasteiger partial charge in [-0.2, -0.15) is 4.31 Å². The minimum atomic E-state index is -3.56. The topological polar surface area (TPSA) is 75.9 Å². The second kappa shape index (κ2) is 6.21. The minimum Gasteiger partial charge on any atom is -0.497 e. The van der Waals surface area contributed by atoms with Gasteiger partial charge in [-0.05, 0) is 25.6 Å². The van der Waals surface area contributed by atoms with E-state index < -0.39 is 10.0 Å². The third kappa shape index (κ3) is 3.14. The number of nitrogens with two attached hydrogens (primary N) is 1. The summed E-state index contributed by atoms with van der Waals surface area (Å²) in [7, 11) is -0.00729. The molecule has 0 amide bonds. The maximum absolute atomic E-state index is 12.8. The van der Waals surface area contributed by atoms with E-state index in [4.69, 9.17) is 10.5 Å². The average Bonchev–Trinajstić information content (AvgIpc) is 2.47. The zero-order chi connectivity index (χ0) is 15.6. The molecule has 1 aromatic carbocycles. The molecule has 1 aliphatic rings. The van der Waals surface area contributed by atoms with Crippen molar-refractivity contribution in [2.45, 2.75) is 24.3 Å². The van der Waals surface area contributed by atoms with Crippen molar-refractivity contribution in [3.8, 4) is 5.75 Å². The van der Waals surface area contributed by atoms with E-state index in [1.165, 1.54) is 17.5 Å². The van der Waals surface area contributed by atoms with Crippen LogP contribution in [0.1, 0.15) is 13.3 Å². The average molecular weight is 313 g/mol. The lowest BCUT2D eigenvalue weighted by Crippen LogP contribution is -2.52. The van der Waals surface area contributed by atoms with Crippen LogP contribution in [0.4, 0.5) is 5.69 Å². The molecule has 6 nitrogen and oxygen atoms in total. The molecular formula is C14H23N3O3S. The number of ether oxygens (including phenoxy) is 1. The smallest absolute Gasteiger partial charge is 0.245 e. The maximum Gasteiger partial charge on any atom is 0.245 e. The number of nitrogens with zero attached hydrogens (tertiary/aromatic N) is 2. The molecule has 1 fully saturated rings. The van der Waals surface area contributed by atoms with Gasteiger partial charge in [-0.3, -0.25) is 0 Å². The molecule has 0 bridgehead atoms. The molecule has 0 aliphatic carbocycles. The highest BCUT2D eigenvalue weighted by atomic mass is 32.2. The summed E-state index contributed by atoms with van der Waals surface area (Å²) in [6.45, 7) is 3.79. The quantitative estimate of drug-likeness (QED) is 0.839. The summed E-state index contributed by atoms with van der Waals surface area (Å²) in [6, 6.07) is 4.92. The predicted octanol–water partition coefficient (Wildman–Crippen LogP) is 0.992. The van der Waals surface area contributed by atoms with Crippen molar-refractivity contribution < 1.29 is 13.2 Å². The van der Waals surface area contributed by atoms with Crippen molar-refractivity contribution in [3.63, 3.8) is 0 Å². The van der Waals surface area contributed by atoms with E-state index in [2.05, 4.69) is 11.8 Å². The Hall–Kier alpha value is -1.31. The summed E-state index contributed by atoms with van der Waals surface area (Å²) in [5, 5.41) is 0. The van der Waals surface area contributed by atoms with Gasteiger partial charge in [-0.1, -0.05) is 6.92 Å². The Labute approximate surface area is 126 Å². The van der Waals surface area contributed by atoms with E-state index in [9.17, 15) is 8.42 Å². The van der Waals surface area contributed by atoms with Gasteiger partial charge in [0, 0.05) is 31.7 Å². The van der Waals surface area contributed by atoms with Crippen LogP contribution in [0.2, 0.25) is 0 Å². The third-order valence-corrected chi connectivity index (χ3v) is 5.98. The first-order valence-corrected chi connectivity index (χ1v) is 8.48. The van der Waals surface area contributed by atoms with Crippen LogP contribution >= 0.6 is 0 Å². The molecule has 1 aliphatic heterocycles. The first kappa shape index (κ1) is 16.1. The third-order valence-electron chi connectivity index (χ3n) is 4.05. The fourth-order valence-electron chi connectivity index (χ4n) is 2.60. The largest absolute Gasteiger partial charge is 0.497 e. The van der Waals surface area contributed by atoms with Gasteiger partial charge < -0.3 is 15.4 Å². The molecule has 7 heteroatoms. The predicted molar refractivity (Wildman–Crippen MR) is 82.9 cm³/mol. The van der Waals surface area contributed by atoms with Gasteiger partial charge in [0.15, 0.2) is 0 Å². The summed E-state index contributed by atoms with van der Waals surface area (Å²) in [4.78, 5) is 2.35. The van der Waals surface area contributed by atoms with Crippen molar-refractivity contribution in [2.24, 2.45) is 0 Å². The lowest BCUT2D eigenvalue weighted by Gasteiger charge is -2.38. The summed E-state index contributed by atoms with van der Waals surface area (Å²) in [5.74, 6) is 0.552. The van der Waals surface area contributed by atoms with Crippen molar-refractivity contribution in [3.05, 3.63) is 18.2 Å². The van der Waals surface area contributed by atoms with Crippen LogP contribution < -0.4 is 10.5 Å². The highest BCUT2D eigenvalue weighted by Crippen LogP contribution is 2.28. The lowest BCUT2D eigenvalue weighted by molar-refractivity contribution is 0.144. The van der Waals surface area contributed by atoms with Crippen LogP contribution in [0.5, 0.6) is 5.75 Å². The molecule has 1 heterocycles. The second-order valence-corrected chi connectivity index (χ2v) is 7.22.